The van der Waals surface area contributed by atoms with Crippen molar-refractivity contribution in [2.75, 3.05) is 0 Å². The van der Waals surface area contributed by atoms with Crippen LogP contribution >= 0.6 is 0 Å². The molecule has 2 aromatic rings. The highest BCUT2D eigenvalue weighted by Gasteiger charge is 2.12. The third kappa shape index (κ3) is 2.18. The van der Waals surface area contributed by atoms with E-state index in [1.807, 2.05) is 20.2 Å². The quantitative estimate of drug-likeness (QED) is 0.873. The molecule has 5 nitrogen and oxygen atoms in total. The van der Waals surface area contributed by atoms with Gasteiger partial charge >= 0.3 is 5.97 Å². The lowest BCUT2D eigenvalue weighted by molar-refractivity contribution is 0.0695. The zero-order valence-electron chi connectivity index (χ0n) is 9.71. The molecule has 2 rings (SSSR count). The molecule has 0 aliphatic carbocycles. The van der Waals surface area contributed by atoms with Crippen molar-refractivity contribution in [3.8, 4) is 11.3 Å². The number of rotatable bonds is 3. The Bertz CT molecular complexity index is 561. The summed E-state index contributed by atoms with van der Waals surface area (Å²) in [6.45, 7) is 1.89. The fraction of sp³-hybridized carbons (Fsp3) is 0.250. The van der Waals surface area contributed by atoms with Gasteiger partial charge in [-0.25, -0.2) is 4.79 Å². The van der Waals surface area contributed by atoms with Crippen molar-refractivity contribution in [2.45, 2.75) is 13.3 Å². The van der Waals surface area contributed by atoms with Crippen molar-refractivity contribution in [3.05, 3.63) is 35.8 Å². The van der Waals surface area contributed by atoms with E-state index >= 15 is 0 Å². The highest BCUT2D eigenvalue weighted by Crippen LogP contribution is 2.18. The van der Waals surface area contributed by atoms with Crippen LogP contribution in [0.5, 0.6) is 0 Å². The first kappa shape index (κ1) is 11.3. The van der Waals surface area contributed by atoms with Crippen LogP contribution in [0.1, 0.15) is 23.0 Å². The van der Waals surface area contributed by atoms with Crippen molar-refractivity contribution in [2.24, 2.45) is 7.05 Å². The van der Waals surface area contributed by atoms with Crippen molar-refractivity contribution < 1.29 is 9.90 Å². The SMILES string of the molecule is CCc1nc(-c2cnn(C)c2)ccc1C(=O)O. The Labute approximate surface area is 98.7 Å². The van der Waals surface area contributed by atoms with Crippen molar-refractivity contribution in [1.29, 1.82) is 0 Å². The molecule has 0 amide bonds. The van der Waals surface area contributed by atoms with E-state index in [0.29, 0.717) is 12.1 Å². The molecule has 0 atom stereocenters. The van der Waals surface area contributed by atoms with Crippen LogP contribution in [0.2, 0.25) is 0 Å². The predicted octanol–water partition coefficient (Wildman–Crippen LogP) is 1.74. The summed E-state index contributed by atoms with van der Waals surface area (Å²) in [4.78, 5) is 15.3. The van der Waals surface area contributed by atoms with Crippen molar-refractivity contribution in [1.82, 2.24) is 14.8 Å². The molecule has 17 heavy (non-hydrogen) atoms. The average Bonchev–Trinajstić information content (AvgIpc) is 2.75. The number of aryl methyl sites for hydroxylation is 2. The summed E-state index contributed by atoms with van der Waals surface area (Å²) in [6.07, 6.45) is 4.15. The minimum atomic E-state index is -0.938. The molecule has 0 unspecified atom stereocenters. The van der Waals surface area contributed by atoms with Crippen LogP contribution in [0, 0.1) is 0 Å². The molecular weight excluding hydrogens is 218 g/mol. The van der Waals surface area contributed by atoms with Crippen LogP contribution < -0.4 is 0 Å². The molecule has 0 aliphatic rings. The molecule has 0 spiro atoms. The van der Waals surface area contributed by atoms with Crippen LogP contribution in [0.3, 0.4) is 0 Å². The maximum atomic E-state index is 11.0. The highest BCUT2D eigenvalue weighted by molar-refractivity contribution is 5.89. The number of carbonyl (C=O) groups is 1. The Morgan fingerprint density at radius 1 is 1.47 bits per heavy atom. The van der Waals surface area contributed by atoms with Gasteiger partial charge in [0.25, 0.3) is 0 Å². The third-order valence-electron chi connectivity index (χ3n) is 2.54. The van der Waals surface area contributed by atoms with E-state index in [2.05, 4.69) is 10.1 Å². The number of pyridine rings is 1. The number of hydrogen-bond acceptors (Lipinski definition) is 3. The Hall–Kier alpha value is -2.17. The highest BCUT2D eigenvalue weighted by atomic mass is 16.4. The molecule has 0 saturated heterocycles. The van der Waals surface area contributed by atoms with Gasteiger partial charge in [-0.2, -0.15) is 5.10 Å². The smallest absolute Gasteiger partial charge is 0.337 e. The predicted molar refractivity (Wildman–Crippen MR) is 62.8 cm³/mol. The van der Waals surface area contributed by atoms with Gasteiger partial charge in [0.2, 0.25) is 0 Å². The van der Waals surface area contributed by atoms with Crippen LogP contribution in [0.4, 0.5) is 0 Å². The molecule has 5 heteroatoms. The van der Waals surface area contributed by atoms with Crippen molar-refractivity contribution in [3.63, 3.8) is 0 Å². The Morgan fingerprint density at radius 2 is 2.24 bits per heavy atom. The minimum Gasteiger partial charge on any atom is -0.478 e. The Morgan fingerprint density at radius 3 is 2.76 bits per heavy atom. The molecule has 1 N–H and O–H groups in total. The van der Waals surface area contributed by atoms with Gasteiger partial charge in [0, 0.05) is 18.8 Å². The summed E-state index contributed by atoms with van der Waals surface area (Å²) in [5, 5.41) is 13.1. The first-order valence-corrected chi connectivity index (χ1v) is 5.34. The molecule has 0 fully saturated rings. The molecule has 0 radical (unpaired) electrons. The fourth-order valence-electron chi connectivity index (χ4n) is 1.68. The molecule has 0 saturated carbocycles. The maximum Gasteiger partial charge on any atom is 0.337 e. The first-order valence-electron chi connectivity index (χ1n) is 5.34. The van der Waals surface area contributed by atoms with Gasteiger partial charge in [0.1, 0.15) is 0 Å². The zero-order valence-corrected chi connectivity index (χ0v) is 9.71. The number of aromatic carboxylic acids is 1. The lowest BCUT2D eigenvalue weighted by Gasteiger charge is -2.04. The third-order valence-corrected chi connectivity index (χ3v) is 2.54. The molecule has 0 aliphatic heterocycles. The monoisotopic (exact) mass is 231 g/mol. The van der Waals surface area contributed by atoms with Gasteiger partial charge in [-0.3, -0.25) is 9.67 Å². The summed E-state index contributed by atoms with van der Waals surface area (Å²) in [6, 6.07) is 3.30. The van der Waals surface area contributed by atoms with E-state index in [4.69, 9.17) is 5.11 Å². The zero-order chi connectivity index (χ0) is 12.4. The topological polar surface area (TPSA) is 68.0 Å². The van der Waals surface area contributed by atoms with Gasteiger partial charge in [-0.1, -0.05) is 6.92 Å². The lowest BCUT2D eigenvalue weighted by Crippen LogP contribution is -2.04. The maximum absolute atomic E-state index is 11.0. The average molecular weight is 231 g/mol. The van der Waals surface area contributed by atoms with Crippen LogP contribution in [0.25, 0.3) is 11.3 Å². The molecule has 88 valence electrons. The van der Waals surface area contributed by atoms with E-state index < -0.39 is 5.97 Å². The van der Waals surface area contributed by atoms with Gasteiger partial charge in [0.15, 0.2) is 0 Å². The van der Waals surface area contributed by atoms with Crippen LogP contribution in [-0.2, 0) is 13.5 Å². The normalized spacial score (nSPS) is 10.5. The molecular formula is C12H13N3O2. The van der Waals surface area contributed by atoms with E-state index in [1.165, 1.54) is 0 Å². The minimum absolute atomic E-state index is 0.264. The largest absolute Gasteiger partial charge is 0.478 e. The number of carboxylic acid groups (broad SMARTS) is 1. The fourth-order valence-corrected chi connectivity index (χ4v) is 1.68. The standard InChI is InChI=1S/C12H13N3O2/c1-3-10-9(12(16)17)4-5-11(14-10)8-6-13-15(2)7-8/h4-7H,3H2,1-2H3,(H,16,17). The Kier molecular flexibility index (Phi) is 2.91. The number of hydrogen-bond donors (Lipinski definition) is 1. The lowest BCUT2D eigenvalue weighted by atomic mass is 10.1. The molecule has 2 heterocycles. The van der Waals surface area contributed by atoms with E-state index in [-0.39, 0.29) is 5.56 Å². The summed E-state index contributed by atoms with van der Waals surface area (Å²) in [5.74, 6) is -0.938. The Balaban J connectivity index is 2.48. The first-order chi connectivity index (χ1) is 8.11. The van der Waals surface area contributed by atoms with Gasteiger partial charge in [-0.05, 0) is 18.6 Å². The van der Waals surface area contributed by atoms with Gasteiger partial charge in [0.05, 0.1) is 23.1 Å². The second kappa shape index (κ2) is 4.37. The van der Waals surface area contributed by atoms with Gasteiger partial charge < -0.3 is 5.11 Å². The summed E-state index contributed by atoms with van der Waals surface area (Å²) in [5.41, 5.74) is 2.50. The molecule has 2 aromatic heterocycles. The molecule has 0 aromatic carbocycles. The number of nitrogens with zero attached hydrogens (tertiary/aromatic N) is 3. The van der Waals surface area contributed by atoms with E-state index in [1.54, 1.807) is 23.0 Å². The number of aromatic nitrogens is 3. The second-order valence-corrected chi connectivity index (χ2v) is 3.75. The summed E-state index contributed by atoms with van der Waals surface area (Å²) in [7, 11) is 1.83. The van der Waals surface area contributed by atoms with E-state index in [9.17, 15) is 4.79 Å². The number of carboxylic acids is 1. The summed E-state index contributed by atoms with van der Waals surface area (Å²) >= 11 is 0. The van der Waals surface area contributed by atoms with Crippen LogP contribution in [-0.4, -0.2) is 25.8 Å². The van der Waals surface area contributed by atoms with Gasteiger partial charge in [-0.15, -0.1) is 0 Å². The second-order valence-electron chi connectivity index (χ2n) is 3.75. The van der Waals surface area contributed by atoms with Crippen LogP contribution in [0.15, 0.2) is 24.5 Å². The van der Waals surface area contributed by atoms with E-state index in [0.717, 1.165) is 11.3 Å². The van der Waals surface area contributed by atoms with Crippen molar-refractivity contribution >= 4 is 5.97 Å². The molecule has 0 bridgehead atoms. The summed E-state index contributed by atoms with van der Waals surface area (Å²) < 4.78 is 1.69.